The molecule has 3 aromatic rings. The molecule has 0 nitrogen and oxygen atoms in total. The monoisotopic (exact) mass is 344 g/mol. The van der Waals surface area contributed by atoms with Crippen molar-refractivity contribution >= 4 is 11.6 Å². The maximum Gasteiger partial charge on any atom is 0.200 e. The van der Waals surface area contributed by atoms with Crippen molar-refractivity contribution in [3.05, 3.63) is 94.3 Å². The Hall–Kier alpha value is -2.95. The smallest absolute Gasteiger partial charge is 0.200 e. The summed E-state index contributed by atoms with van der Waals surface area (Å²) < 4.78 is 68.3. The van der Waals surface area contributed by atoms with E-state index in [0.717, 1.165) is 17.2 Å². The minimum absolute atomic E-state index is 0.411. The van der Waals surface area contributed by atoms with Gasteiger partial charge in [-0.25, -0.2) is 22.0 Å². The molecular weight excluding hydrogens is 335 g/mol. The van der Waals surface area contributed by atoms with E-state index in [9.17, 15) is 22.0 Å². The largest absolute Gasteiger partial charge is 0.203 e. The van der Waals surface area contributed by atoms with Gasteiger partial charge >= 0.3 is 0 Å². The highest BCUT2D eigenvalue weighted by Gasteiger charge is 2.27. The van der Waals surface area contributed by atoms with Gasteiger partial charge in [0.2, 0.25) is 5.82 Å². The zero-order valence-corrected chi connectivity index (χ0v) is 12.6. The molecule has 1 aliphatic carbocycles. The van der Waals surface area contributed by atoms with Crippen LogP contribution in [0.3, 0.4) is 0 Å². The fraction of sp³-hybridized carbons (Fsp3) is 0. The van der Waals surface area contributed by atoms with Crippen molar-refractivity contribution in [1.29, 1.82) is 0 Å². The second kappa shape index (κ2) is 5.55. The molecule has 0 N–H and O–H groups in total. The van der Waals surface area contributed by atoms with Gasteiger partial charge in [-0.05, 0) is 33.9 Å². The number of benzene rings is 3. The van der Waals surface area contributed by atoms with Gasteiger partial charge in [-0.3, -0.25) is 0 Å². The molecule has 0 fully saturated rings. The molecule has 0 atom stereocenters. The minimum atomic E-state index is -2.16. The van der Waals surface area contributed by atoms with Crippen molar-refractivity contribution in [2.75, 3.05) is 0 Å². The van der Waals surface area contributed by atoms with Crippen LogP contribution in [-0.2, 0) is 0 Å². The molecular formula is C20H9F5. The van der Waals surface area contributed by atoms with Gasteiger partial charge in [0, 0.05) is 0 Å². The number of halogens is 5. The van der Waals surface area contributed by atoms with Gasteiger partial charge in [-0.15, -0.1) is 0 Å². The van der Waals surface area contributed by atoms with Crippen LogP contribution in [0, 0.1) is 29.1 Å². The van der Waals surface area contributed by atoms with E-state index in [0.29, 0.717) is 16.7 Å². The number of hydrogen-bond donors (Lipinski definition) is 0. The van der Waals surface area contributed by atoms with E-state index in [1.165, 1.54) is 0 Å². The van der Waals surface area contributed by atoms with E-state index in [1.54, 1.807) is 24.3 Å². The lowest BCUT2D eigenvalue weighted by Gasteiger charge is -2.07. The van der Waals surface area contributed by atoms with Crippen LogP contribution in [0.1, 0.15) is 16.7 Å². The van der Waals surface area contributed by atoms with Crippen molar-refractivity contribution in [2.24, 2.45) is 0 Å². The van der Waals surface area contributed by atoms with E-state index in [1.807, 2.05) is 24.3 Å². The molecule has 4 rings (SSSR count). The third-order valence-corrected chi connectivity index (χ3v) is 4.26. The van der Waals surface area contributed by atoms with Crippen molar-refractivity contribution in [3.8, 4) is 11.1 Å². The summed E-state index contributed by atoms with van der Waals surface area (Å²) in [4.78, 5) is 0. The molecule has 0 saturated heterocycles. The van der Waals surface area contributed by atoms with Crippen LogP contribution in [0.25, 0.3) is 22.8 Å². The Labute approximate surface area is 139 Å². The van der Waals surface area contributed by atoms with E-state index in [2.05, 4.69) is 0 Å². The lowest BCUT2D eigenvalue weighted by Crippen LogP contribution is -2.04. The van der Waals surface area contributed by atoms with Crippen LogP contribution in [0.15, 0.2) is 48.5 Å². The average molecular weight is 344 g/mol. The van der Waals surface area contributed by atoms with Gasteiger partial charge in [0.05, 0.1) is 5.56 Å². The summed E-state index contributed by atoms with van der Waals surface area (Å²) in [7, 11) is 0. The highest BCUT2D eigenvalue weighted by molar-refractivity contribution is 6.06. The second-order valence-corrected chi connectivity index (χ2v) is 5.63. The summed E-state index contributed by atoms with van der Waals surface area (Å²) >= 11 is 0. The Morgan fingerprint density at radius 2 is 0.840 bits per heavy atom. The third-order valence-electron chi connectivity index (χ3n) is 4.26. The SMILES string of the molecule is Fc1c(F)c(F)c(C=C2c3ccccc3-c3ccccc32)c(F)c1F. The fourth-order valence-corrected chi connectivity index (χ4v) is 3.10. The molecule has 0 bridgehead atoms. The normalized spacial score (nSPS) is 12.1. The second-order valence-electron chi connectivity index (χ2n) is 5.63. The lowest BCUT2D eigenvalue weighted by molar-refractivity contribution is 0.377. The quantitative estimate of drug-likeness (QED) is 0.227. The minimum Gasteiger partial charge on any atom is -0.203 e. The van der Waals surface area contributed by atoms with Crippen LogP contribution in [-0.4, -0.2) is 0 Å². The van der Waals surface area contributed by atoms with Crippen molar-refractivity contribution in [2.45, 2.75) is 0 Å². The molecule has 124 valence electrons. The Morgan fingerprint density at radius 1 is 0.480 bits per heavy atom. The summed E-state index contributed by atoms with van der Waals surface area (Å²) in [6, 6.07) is 14.3. The molecule has 0 unspecified atom stereocenters. The van der Waals surface area contributed by atoms with Crippen LogP contribution in [0.5, 0.6) is 0 Å². The van der Waals surface area contributed by atoms with E-state index in [-0.39, 0.29) is 0 Å². The zero-order chi connectivity index (χ0) is 17.7. The van der Waals surface area contributed by atoms with Crippen LogP contribution in [0.2, 0.25) is 0 Å². The Balaban J connectivity index is 2.04. The third kappa shape index (κ3) is 2.19. The molecule has 0 heterocycles. The van der Waals surface area contributed by atoms with Crippen molar-refractivity contribution < 1.29 is 22.0 Å². The maximum atomic E-state index is 14.0. The molecule has 0 aromatic heterocycles. The first-order valence-electron chi connectivity index (χ1n) is 7.43. The van der Waals surface area contributed by atoms with Crippen LogP contribution >= 0.6 is 0 Å². The van der Waals surface area contributed by atoms with E-state index < -0.39 is 34.6 Å². The summed E-state index contributed by atoms with van der Waals surface area (Å²) in [5.74, 6) is -9.75. The highest BCUT2D eigenvalue weighted by Crippen LogP contribution is 2.45. The van der Waals surface area contributed by atoms with Gasteiger partial charge in [-0.2, -0.15) is 0 Å². The molecule has 0 spiro atoms. The molecule has 3 aromatic carbocycles. The Bertz CT molecular complexity index is 973. The molecule has 0 saturated carbocycles. The molecule has 1 aliphatic rings. The predicted molar refractivity (Wildman–Crippen MR) is 85.1 cm³/mol. The summed E-state index contributed by atoms with van der Waals surface area (Å²) in [5.41, 5.74) is 2.49. The first kappa shape index (κ1) is 15.6. The number of rotatable bonds is 1. The van der Waals surface area contributed by atoms with Gasteiger partial charge in [0.25, 0.3) is 0 Å². The lowest BCUT2D eigenvalue weighted by atomic mass is 10.0. The van der Waals surface area contributed by atoms with Gasteiger partial charge in [0.15, 0.2) is 23.3 Å². The Morgan fingerprint density at radius 3 is 1.28 bits per heavy atom. The van der Waals surface area contributed by atoms with Crippen LogP contribution in [0.4, 0.5) is 22.0 Å². The highest BCUT2D eigenvalue weighted by atomic mass is 19.2. The summed E-state index contributed by atoms with van der Waals surface area (Å²) in [6.07, 6.45) is 1.01. The first-order chi connectivity index (χ1) is 12.0. The predicted octanol–water partition coefficient (Wildman–Crippen LogP) is 5.95. The van der Waals surface area contributed by atoms with Crippen molar-refractivity contribution in [1.82, 2.24) is 0 Å². The maximum absolute atomic E-state index is 14.0. The zero-order valence-electron chi connectivity index (χ0n) is 12.6. The number of hydrogen-bond acceptors (Lipinski definition) is 0. The van der Waals surface area contributed by atoms with E-state index >= 15 is 0 Å². The first-order valence-corrected chi connectivity index (χ1v) is 7.43. The van der Waals surface area contributed by atoms with Gasteiger partial charge in [-0.1, -0.05) is 48.5 Å². The molecule has 0 amide bonds. The van der Waals surface area contributed by atoms with Crippen LogP contribution < -0.4 is 0 Å². The summed E-state index contributed by atoms with van der Waals surface area (Å²) in [5, 5.41) is 0. The van der Waals surface area contributed by atoms with Gasteiger partial charge < -0.3 is 0 Å². The standard InChI is InChI=1S/C20H9F5/c21-16-15(17(22)19(24)20(25)18(16)23)9-14-12-7-3-1-5-10(12)11-6-2-4-8-13(11)14/h1-9H. The topological polar surface area (TPSA) is 0 Å². The van der Waals surface area contributed by atoms with Crippen molar-refractivity contribution in [3.63, 3.8) is 0 Å². The van der Waals surface area contributed by atoms with E-state index in [4.69, 9.17) is 0 Å². The van der Waals surface area contributed by atoms with Gasteiger partial charge in [0.1, 0.15) is 0 Å². The molecule has 25 heavy (non-hydrogen) atoms. The average Bonchev–Trinajstić information content (AvgIpc) is 2.96. The fourth-order valence-electron chi connectivity index (χ4n) is 3.10. The summed E-state index contributed by atoms with van der Waals surface area (Å²) in [6.45, 7) is 0. The molecule has 5 heteroatoms. The molecule has 0 radical (unpaired) electrons. The number of fused-ring (bicyclic) bond motifs is 3. The Kier molecular flexibility index (Phi) is 3.46. The molecule has 0 aliphatic heterocycles.